The fourth-order valence-electron chi connectivity index (χ4n) is 1.93. The topological polar surface area (TPSA) is 63.7 Å². The fraction of sp³-hybridized carbons (Fsp3) is 0.769. The highest BCUT2D eigenvalue weighted by Crippen LogP contribution is 2.20. The van der Waals surface area contributed by atoms with E-state index in [0.717, 1.165) is 6.29 Å². The molecule has 0 aliphatic carbocycles. The van der Waals surface area contributed by atoms with E-state index in [4.69, 9.17) is 4.74 Å². The molecule has 0 saturated carbocycles. The van der Waals surface area contributed by atoms with Gasteiger partial charge < -0.3 is 14.4 Å². The Bertz CT molecular complexity index is 332. The van der Waals surface area contributed by atoms with E-state index in [2.05, 4.69) is 0 Å². The van der Waals surface area contributed by atoms with Gasteiger partial charge in [-0.15, -0.1) is 0 Å². The number of rotatable bonds is 3. The first kappa shape index (κ1) is 14.7. The smallest absolute Gasteiger partial charge is 0.410 e. The maximum Gasteiger partial charge on any atom is 0.410 e. The molecule has 0 spiro atoms. The van der Waals surface area contributed by atoms with Gasteiger partial charge in [0, 0.05) is 18.9 Å². The minimum atomic E-state index is -0.547. The summed E-state index contributed by atoms with van der Waals surface area (Å²) in [5.74, 6) is -0.0668. The number of carbonyl (C=O) groups excluding carboxylic acids is 3. The number of likely N-dealkylation sites (tertiary alicyclic amines) is 1. The number of amides is 1. The van der Waals surface area contributed by atoms with Crippen molar-refractivity contribution < 1.29 is 19.1 Å². The van der Waals surface area contributed by atoms with Crippen LogP contribution in [0.15, 0.2) is 0 Å². The molecule has 1 aliphatic rings. The Labute approximate surface area is 107 Å². The molecule has 0 aromatic carbocycles. The van der Waals surface area contributed by atoms with Gasteiger partial charge in [0.05, 0.1) is 6.54 Å². The molecule has 0 aromatic rings. The minimum absolute atomic E-state index is 0.0222. The molecule has 5 nitrogen and oxygen atoms in total. The number of Topliss-reactive ketones (excluding diaryl/α,β-unsaturated/α-hetero) is 1. The van der Waals surface area contributed by atoms with E-state index in [0.29, 0.717) is 25.8 Å². The maximum absolute atomic E-state index is 11.8. The molecule has 1 amide bonds. The third kappa shape index (κ3) is 4.47. The van der Waals surface area contributed by atoms with E-state index in [1.165, 1.54) is 4.90 Å². The van der Waals surface area contributed by atoms with E-state index in [-0.39, 0.29) is 18.2 Å². The third-order valence-corrected chi connectivity index (χ3v) is 2.83. The number of carbonyl (C=O) groups is 3. The Morgan fingerprint density at radius 1 is 1.50 bits per heavy atom. The normalized spacial score (nSPS) is 20.7. The Kier molecular flexibility index (Phi) is 4.87. The molecule has 0 radical (unpaired) electrons. The molecule has 18 heavy (non-hydrogen) atoms. The average Bonchev–Trinajstić information content (AvgIpc) is 2.25. The largest absolute Gasteiger partial charge is 0.444 e. The Balaban J connectivity index is 2.47. The van der Waals surface area contributed by atoms with Crippen LogP contribution in [0.4, 0.5) is 4.79 Å². The number of aldehydes is 1. The fourth-order valence-corrected chi connectivity index (χ4v) is 1.93. The molecule has 1 fully saturated rings. The van der Waals surface area contributed by atoms with Gasteiger partial charge in [-0.1, -0.05) is 0 Å². The molecule has 1 heterocycles. The van der Waals surface area contributed by atoms with Gasteiger partial charge in [-0.05, 0) is 33.6 Å². The quantitative estimate of drug-likeness (QED) is 0.721. The highest BCUT2D eigenvalue weighted by Gasteiger charge is 2.31. The van der Waals surface area contributed by atoms with Crippen LogP contribution in [0.25, 0.3) is 0 Å². The number of piperidine rings is 1. The van der Waals surface area contributed by atoms with Crippen molar-refractivity contribution >= 4 is 18.2 Å². The van der Waals surface area contributed by atoms with Crippen molar-refractivity contribution in [1.29, 1.82) is 0 Å². The summed E-state index contributed by atoms with van der Waals surface area (Å²) in [6, 6.07) is 0. The van der Waals surface area contributed by atoms with Crippen LogP contribution in [-0.4, -0.2) is 41.8 Å². The number of ether oxygens (including phenoxy) is 1. The predicted molar refractivity (Wildman–Crippen MR) is 66.2 cm³/mol. The lowest BCUT2D eigenvalue weighted by molar-refractivity contribution is -0.127. The first-order valence-corrected chi connectivity index (χ1v) is 6.28. The highest BCUT2D eigenvalue weighted by molar-refractivity contribution is 5.87. The van der Waals surface area contributed by atoms with Crippen molar-refractivity contribution in [1.82, 2.24) is 4.90 Å². The van der Waals surface area contributed by atoms with Gasteiger partial charge >= 0.3 is 6.09 Å². The van der Waals surface area contributed by atoms with Gasteiger partial charge in [-0.3, -0.25) is 4.79 Å². The molecule has 1 aliphatic heterocycles. The first-order valence-electron chi connectivity index (χ1n) is 6.28. The summed E-state index contributed by atoms with van der Waals surface area (Å²) in [6.07, 6.45) is 2.00. The second kappa shape index (κ2) is 5.98. The van der Waals surface area contributed by atoms with Crippen LogP contribution < -0.4 is 0 Å². The van der Waals surface area contributed by atoms with E-state index in [1.54, 1.807) is 20.8 Å². The van der Waals surface area contributed by atoms with Crippen LogP contribution in [-0.2, 0) is 14.3 Å². The average molecular weight is 255 g/mol. The Hall–Kier alpha value is -1.39. The number of hydrogen-bond donors (Lipinski definition) is 0. The van der Waals surface area contributed by atoms with Crippen molar-refractivity contribution in [2.45, 2.75) is 45.6 Å². The summed E-state index contributed by atoms with van der Waals surface area (Å²) in [5, 5.41) is 0. The van der Waals surface area contributed by atoms with Gasteiger partial charge in [-0.2, -0.15) is 0 Å². The molecule has 0 N–H and O–H groups in total. The lowest BCUT2D eigenvalue weighted by Gasteiger charge is -2.32. The van der Waals surface area contributed by atoms with Crippen LogP contribution in [0.3, 0.4) is 0 Å². The number of hydrogen-bond acceptors (Lipinski definition) is 4. The maximum atomic E-state index is 11.8. The Morgan fingerprint density at radius 2 is 2.17 bits per heavy atom. The van der Waals surface area contributed by atoms with E-state index < -0.39 is 11.7 Å². The first-order chi connectivity index (χ1) is 8.33. The van der Waals surface area contributed by atoms with Crippen LogP contribution in [0.1, 0.15) is 40.0 Å². The standard InChI is InChI=1S/C13H21NO4/c1-13(2,3)18-12(17)14-7-6-10(5-4-8-15)11(16)9-14/h8,10H,4-7,9H2,1-3H3. The van der Waals surface area contributed by atoms with Gasteiger partial charge in [0.2, 0.25) is 0 Å². The summed E-state index contributed by atoms with van der Waals surface area (Å²) in [6.45, 7) is 6.00. The van der Waals surface area contributed by atoms with Crippen molar-refractivity contribution in [3.05, 3.63) is 0 Å². The van der Waals surface area contributed by atoms with Gasteiger partial charge in [-0.25, -0.2) is 4.79 Å². The van der Waals surface area contributed by atoms with Gasteiger partial charge in [0.25, 0.3) is 0 Å². The summed E-state index contributed by atoms with van der Waals surface area (Å²) in [5.41, 5.74) is -0.547. The van der Waals surface area contributed by atoms with Crippen LogP contribution in [0, 0.1) is 5.92 Å². The van der Waals surface area contributed by atoms with Crippen LogP contribution >= 0.6 is 0 Å². The van der Waals surface area contributed by atoms with Crippen LogP contribution in [0.2, 0.25) is 0 Å². The highest BCUT2D eigenvalue weighted by atomic mass is 16.6. The van der Waals surface area contributed by atoms with Gasteiger partial charge in [0.15, 0.2) is 5.78 Å². The molecule has 1 atom stereocenters. The van der Waals surface area contributed by atoms with Crippen molar-refractivity contribution in [2.24, 2.45) is 5.92 Å². The SMILES string of the molecule is CC(C)(C)OC(=O)N1CCC(CCC=O)C(=O)C1. The lowest BCUT2D eigenvalue weighted by atomic mass is 9.91. The second-order valence-corrected chi connectivity index (χ2v) is 5.60. The van der Waals surface area contributed by atoms with Crippen LogP contribution in [0.5, 0.6) is 0 Å². The monoisotopic (exact) mass is 255 g/mol. The lowest BCUT2D eigenvalue weighted by Crippen LogP contribution is -2.46. The zero-order chi connectivity index (χ0) is 13.8. The van der Waals surface area contributed by atoms with E-state index in [9.17, 15) is 14.4 Å². The van der Waals surface area contributed by atoms with Crippen molar-refractivity contribution in [3.8, 4) is 0 Å². The van der Waals surface area contributed by atoms with E-state index in [1.807, 2.05) is 0 Å². The zero-order valence-corrected chi connectivity index (χ0v) is 11.3. The molecule has 0 bridgehead atoms. The molecule has 1 unspecified atom stereocenters. The molecule has 0 aromatic heterocycles. The summed E-state index contributed by atoms with van der Waals surface area (Å²) < 4.78 is 5.22. The zero-order valence-electron chi connectivity index (χ0n) is 11.3. The second-order valence-electron chi connectivity index (χ2n) is 5.60. The van der Waals surface area contributed by atoms with Crippen molar-refractivity contribution in [3.63, 3.8) is 0 Å². The summed E-state index contributed by atoms with van der Waals surface area (Å²) in [4.78, 5) is 35.3. The predicted octanol–water partition coefficient (Wildman–Crippen LogP) is 1.79. The third-order valence-electron chi connectivity index (χ3n) is 2.83. The molecule has 5 heteroatoms. The van der Waals surface area contributed by atoms with Crippen molar-refractivity contribution in [2.75, 3.05) is 13.1 Å². The molecule has 102 valence electrons. The summed E-state index contributed by atoms with van der Waals surface area (Å²) in [7, 11) is 0. The molecule has 1 rings (SSSR count). The van der Waals surface area contributed by atoms with E-state index >= 15 is 0 Å². The summed E-state index contributed by atoms with van der Waals surface area (Å²) >= 11 is 0. The molecule has 1 saturated heterocycles. The number of ketones is 1. The van der Waals surface area contributed by atoms with Gasteiger partial charge in [0.1, 0.15) is 11.9 Å². The molecular weight excluding hydrogens is 234 g/mol. The molecular formula is C13H21NO4. The number of nitrogens with zero attached hydrogens (tertiary/aromatic N) is 1. The minimum Gasteiger partial charge on any atom is -0.444 e. The Morgan fingerprint density at radius 3 is 2.67 bits per heavy atom.